The topological polar surface area (TPSA) is 84.5 Å². The molecule has 3 aromatic carbocycles. The summed E-state index contributed by atoms with van der Waals surface area (Å²) in [6, 6.07) is 16.2. The van der Waals surface area contributed by atoms with E-state index >= 15 is 0 Å². The van der Waals surface area contributed by atoms with Crippen LogP contribution in [-0.4, -0.2) is 20.9 Å². The zero-order chi connectivity index (χ0) is 22.6. The fourth-order valence-electron chi connectivity index (χ4n) is 2.75. The van der Waals surface area contributed by atoms with Crippen molar-refractivity contribution in [3.05, 3.63) is 81.8 Å². The Kier molecular flexibility index (Phi) is 7.10. The van der Waals surface area contributed by atoms with Gasteiger partial charge in [0.2, 0.25) is 0 Å². The van der Waals surface area contributed by atoms with Gasteiger partial charge < -0.3 is 10.1 Å². The van der Waals surface area contributed by atoms with Crippen molar-refractivity contribution in [1.82, 2.24) is 0 Å². The summed E-state index contributed by atoms with van der Waals surface area (Å²) in [6.07, 6.45) is 0. The molecule has 0 saturated heterocycles. The monoisotopic (exact) mass is 478 g/mol. The minimum absolute atomic E-state index is 0.0935. The van der Waals surface area contributed by atoms with Gasteiger partial charge in [-0.05, 0) is 67.9 Å². The van der Waals surface area contributed by atoms with E-state index in [2.05, 4.69) is 10.0 Å². The Balaban J connectivity index is 1.64. The maximum absolute atomic E-state index is 12.6. The Morgan fingerprint density at radius 3 is 2.16 bits per heavy atom. The predicted octanol–water partition coefficient (Wildman–Crippen LogP) is 5.43. The number of benzene rings is 3. The number of nitrogens with one attached hydrogen (secondary N) is 2. The van der Waals surface area contributed by atoms with Gasteiger partial charge in [0.1, 0.15) is 5.75 Å². The van der Waals surface area contributed by atoms with E-state index in [4.69, 9.17) is 27.9 Å². The minimum atomic E-state index is -3.76. The van der Waals surface area contributed by atoms with Crippen molar-refractivity contribution in [3.8, 4) is 5.75 Å². The normalized spacial score (nSPS) is 11.1. The second-order valence-corrected chi connectivity index (χ2v) is 9.45. The lowest BCUT2D eigenvalue weighted by Gasteiger charge is -2.13. The van der Waals surface area contributed by atoms with Crippen molar-refractivity contribution in [1.29, 1.82) is 0 Å². The molecule has 6 nitrogen and oxygen atoms in total. The molecule has 0 aliphatic carbocycles. The number of anilines is 2. The van der Waals surface area contributed by atoms with Crippen LogP contribution in [0.4, 0.5) is 11.4 Å². The number of sulfonamides is 1. The van der Waals surface area contributed by atoms with Gasteiger partial charge in [0.15, 0.2) is 6.61 Å². The van der Waals surface area contributed by atoms with Gasteiger partial charge in [-0.25, -0.2) is 8.42 Å². The fourth-order valence-corrected chi connectivity index (χ4v) is 4.42. The maximum atomic E-state index is 12.6. The van der Waals surface area contributed by atoms with Gasteiger partial charge in [0, 0.05) is 21.4 Å². The molecule has 9 heteroatoms. The van der Waals surface area contributed by atoms with E-state index in [1.54, 1.807) is 37.3 Å². The summed E-state index contributed by atoms with van der Waals surface area (Å²) in [5, 5.41) is 3.44. The van der Waals surface area contributed by atoms with E-state index in [0.717, 1.165) is 5.56 Å². The number of rotatable bonds is 7. The molecule has 1 amide bonds. The molecule has 31 heavy (non-hydrogen) atoms. The van der Waals surface area contributed by atoms with Crippen LogP contribution in [0.1, 0.15) is 11.1 Å². The van der Waals surface area contributed by atoms with Gasteiger partial charge in [-0.2, -0.15) is 0 Å². The van der Waals surface area contributed by atoms with Crippen LogP contribution in [0.2, 0.25) is 10.0 Å². The second kappa shape index (κ2) is 9.60. The highest BCUT2D eigenvalue weighted by Crippen LogP contribution is 2.25. The molecule has 0 aliphatic rings. The Morgan fingerprint density at radius 1 is 0.903 bits per heavy atom. The first-order valence-corrected chi connectivity index (χ1v) is 11.5. The molecule has 3 aromatic rings. The van der Waals surface area contributed by atoms with Crippen LogP contribution in [0.3, 0.4) is 0 Å². The summed E-state index contributed by atoms with van der Waals surface area (Å²) in [5.41, 5.74) is 2.53. The van der Waals surface area contributed by atoms with E-state index in [9.17, 15) is 13.2 Å². The standard InChI is InChI=1S/C22H20Cl2N2O4S/c1-14-3-5-18(6-4-14)26-31(28,29)20-7-8-21(15(2)9-20)30-13-22(27)25-19-11-16(23)10-17(24)12-19/h3-12,26H,13H2,1-2H3,(H,25,27). The number of hydrogen-bond donors (Lipinski definition) is 2. The van der Waals surface area contributed by atoms with Crippen molar-refractivity contribution in [2.24, 2.45) is 0 Å². The Hall–Kier alpha value is -2.74. The van der Waals surface area contributed by atoms with Crippen molar-refractivity contribution in [2.45, 2.75) is 18.7 Å². The summed E-state index contributed by atoms with van der Waals surface area (Å²) in [6.45, 7) is 3.36. The molecule has 0 aliphatic heterocycles. The Bertz CT molecular complexity index is 1190. The number of ether oxygens (including phenoxy) is 1. The predicted molar refractivity (Wildman–Crippen MR) is 124 cm³/mol. The summed E-state index contributed by atoms with van der Waals surface area (Å²) in [5.74, 6) is -0.0102. The number of halogens is 2. The molecule has 0 unspecified atom stereocenters. The molecule has 0 atom stereocenters. The number of aryl methyl sites for hydroxylation is 2. The molecule has 0 radical (unpaired) electrons. The SMILES string of the molecule is Cc1ccc(NS(=O)(=O)c2ccc(OCC(=O)Nc3cc(Cl)cc(Cl)c3)c(C)c2)cc1. The van der Waals surface area contributed by atoms with E-state index in [0.29, 0.717) is 32.7 Å². The molecule has 0 fully saturated rings. The van der Waals surface area contributed by atoms with E-state index in [1.807, 2.05) is 19.1 Å². The third kappa shape index (κ3) is 6.37. The van der Waals surface area contributed by atoms with Crippen LogP contribution >= 0.6 is 23.2 Å². The van der Waals surface area contributed by atoms with E-state index in [-0.39, 0.29) is 11.5 Å². The molecular weight excluding hydrogens is 459 g/mol. The third-order valence-electron chi connectivity index (χ3n) is 4.27. The Morgan fingerprint density at radius 2 is 1.55 bits per heavy atom. The summed E-state index contributed by atoms with van der Waals surface area (Å²) < 4.78 is 33.4. The van der Waals surface area contributed by atoms with E-state index < -0.39 is 15.9 Å². The third-order valence-corrected chi connectivity index (χ3v) is 6.08. The lowest BCUT2D eigenvalue weighted by Crippen LogP contribution is -2.20. The van der Waals surface area contributed by atoms with Crippen LogP contribution in [0.25, 0.3) is 0 Å². The second-order valence-electron chi connectivity index (χ2n) is 6.89. The number of amides is 1. The first-order chi connectivity index (χ1) is 14.6. The summed E-state index contributed by atoms with van der Waals surface area (Å²) in [7, 11) is -3.76. The van der Waals surface area contributed by atoms with Crippen molar-refractivity contribution in [3.63, 3.8) is 0 Å². The highest BCUT2D eigenvalue weighted by Gasteiger charge is 2.16. The molecule has 2 N–H and O–H groups in total. The molecule has 0 spiro atoms. The molecule has 162 valence electrons. The van der Waals surface area contributed by atoms with Gasteiger partial charge in [-0.3, -0.25) is 9.52 Å². The molecule has 0 saturated carbocycles. The van der Waals surface area contributed by atoms with Crippen LogP contribution in [0.5, 0.6) is 5.75 Å². The Labute approximate surface area is 191 Å². The number of carbonyl (C=O) groups is 1. The first kappa shape index (κ1) is 22.9. The lowest BCUT2D eigenvalue weighted by molar-refractivity contribution is -0.118. The van der Waals surface area contributed by atoms with Gasteiger partial charge in [-0.1, -0.05) is 40.9 Å². The minimum Gasteiger partial charge on any atom is -0.483 e. The lowest BCUT2D eigenvalue weighted by atomic mass is 10.2. The molecule has 0 aromatic heterocycles. The van der Waals surface area contributed by atoms with Gasteiger partial charge >= 0.3 is 0 Å². The molecule has 0 heterocycles. The highest BCUT2D eigenvalue weighted by molar-refractivity contribution is 7.92. The van der Waals surface area contributed by atoms with Crippen LogP contribution in [-0.2, 0) is 14.8 Å². The largest absolute Gasteiger partial charge is 0.483 e. The van der Waals surface area contributed by atoms with Crippen LogP contribution in [0.15, 0.2) is 65.6 Å². The summed E-state index contributed by atoms with van der Waals surface area (Å²) >= 11 is 11.8. The van der Waals surface area contributed by atoms with Gasteiger partial charge in [0.25, 0.3) is 15.9 Å². The quantitative estimate of drug-likeness (QED) is 0.474. The average Bonchev–Trinajstić information content (AvgIpc) is 2.68. The van der Waals surface area contributed by atoms with Gasteiger partial charge in [0.05, 0.1) is 4.90 Å². The van der Waals surface area contributed by atoms with Gasteiger partial charge in [-0.15, -0.1) is 0 Å². The summed E-state index contributed by atoms with van der Waals surface area (Å²) in [4.78, 5) is 12.2. The molecular formula is C22H20Cl2N2O4S. The van der Waals surface area contributed by atoms with Crippen molar-refractivity contribution >= 4 is 50.5 Å². The molecule has 0 bridgehead atoms. The van der Waals surface area contributed by atoms with Crippen LogP contribution < -0.4 is 14.8 Å². The smallest absolute Gasteiger partial charge is 0.262 e. The number of hydrogen-bond acceptors (Lipinski definition) is 4. The zero-order valence-electron chi connectivity index (χ0n) is 16.8. The molecule has 3 rings (SSSR count). The zero-order valence-corrected chi connectivity index (χ0v) is 19.1. The van der Waals surface area contributed by atoms with Crippen LogP contribution in [0, 0.1) is 13.8 Å². The van der Waals surface area contributed by atoms with Crippen molar-refractivity contribution in [2.75, 3.05) is 16.6 Å². The average molecular weight is 479 g/mol. The highest BCUT2D eigenvalue weighted by atomic mass is 35.5. The fraction of sp³-hybridized carbons (Fsp3) is 0.136. The number of carbonyl (C=O) groups excluding carboxylic acids is 1. The van der Waals surface area contributed by atoms with Crippen molar-refractivity contribution < 1.29 is 17.9 Å². The maximum Gasteiger partial charge on any atom is 0.262 e. The first-order valence-electron chi connectivity index (χ1n) is 9.21. The van der Waals surface area contributed by atoms with E-state index in [1.165, 1.54) is 18.2 Å².